The standard InChI is InChI=1S/C10H14N2O2/c1-2-3-4-5-10(14)12-7-6-11-9(13)8-12/h2-5H,6-8H2,1H3,(H,11,13). The van der Waals surface area contributed by atoms with Gasteiger partial charge in [-0.15, -0.1) is 0 Å². The lowest BCUT2D eigenvalue weighted by Gasteiger charge is -2.25. The molecule has 76 valence electrons. The van der Waals surface area contributed by atoms with Crippen LogP contribution in [0.2, 0.25) is 0 Å². The van der Waals surface area contributed by atoms with Crippen LogP contribution >= 0.6 is 0 Å². The number of amides is 2. The molecule has 1 N–H and O–H groups in total. The fourth-order valence-electron chi connectivity index (χ4n) is 1.18. The van der Waals surface area contributed by atoms with Crippen LogP contribution in [0.5, 0.6) is 0 Å². The van der Waals surface area contributed by atoms with Crippen molar-refractivity contribution < 1.29 is 9.59 Å². The Balaban J connectivity index is 2.47. The molecule has 0 atom stereocenters. The average Bonchev–Trinajstić information content (AvgIpc) is 2.18. The van der Waals surface area contributed by atoms with Crippen molar-refractivity contribution in [1.29, 1.82) is 0 Å². The minimum absolute atomic E-state index is 0.0935. The maximum absolute atomic E-state index is 11.4. The summed E-state index contributed by atoms with van der Waals surface area (Å²) in [7, 11) is 0. The number of carbonyl (C=O) groups excluding carboxylic acids is 2. The second kappa shape index (κ2) is 5.21. The van der Waals surface area contributed by atoms with Crippen LogP contribution in [0.1, 0.15) is 6.92 Å². The van der Waals surface area contributed by atoms with E-state index in [9.17, 15) is 9.59 Å². The van der Waals surface area contributed by atoms with Crippen LogP contribution in [0.3, 0.4) is 0 Å². The third kappa shape index (κ3) is 3.05. The second-order valence-electron chi connectivity index (χ2n) is 2.99. The zero-order valence-electron chi connectivity index (χ0n) is 8.19. The van der Waals surface area contributed by atoms with Crippen LogP contribution in [0, 0.1) is 0 Å². The fraction of sp³-hybridized carbons (Fsp3) is 0.400. The molecule has 0 unspecified atom stereocenters. The SMILES string of the molecule is CC=CC=CC(=O)N1CCNC(=O)C1. The van der Waals surface area contributed by atoms with Gasteiger partial charge in [0.1, 0.15) is 0 Å². The normalized spacial score (nSPS) is 17.8. The van der Waals surface area contributed by atoms with Crippen molar-refractivity contribution in [2.45, 2.75) is 6.92 Å². The summed E-state index contributed by atoms with van der Waals surface area (Å²) in [5.74, 6) is -0.206. The highest BCUT2D eigenvalue weighted by atomic mass is 16.2. The second-order valence-corrected chi connectivity index (χ2v) is 2.99. The highest BCUT2D eigenvalue weighted by Gasteiger charge is 2.18. The molecule has 0 aliphatic carbocycles. The molecule has 2 amide bonds. The van der Waals surface area contributed by atoms with Crippen molar-refractivity contribution in [2.75, 3.05) is 19.6 Å². The topological polar surface area (TPSA) is 49.4 Å². The van der Waals surface area contributed by atoms with Gasteiger partial charge in [-0.2, -0.15) is 0 Å². The number of nitrogens with one attached hydrogen (secondary N) is 1. The van der Waals surface area contributed by atoms with E-state index < -0.39 is 0 Å². The van der Waals surface area contributed by atoms with Crippen LogP contribution in [0.4, 0.5) is 0 Å². The van der Waals surface area contributed by atoms with Gasteiger partial charge >= 0.3 is 0 Å². The van der Waals surface area contributed by atoms with Crippen LogP contribution in [0.25, 0.3) is 0 Å². The molecule has 0 saturated carbocycles. The maximum atomic E-state index is 11.4. The van der Waals surface area contributed by atoms with Gasteiger partial charge in [0.05, 0.1) is 6.54 Å². The lowest BCUT2D eigenvalue weighted by atomic mass is 10.3. The third-order valence-corrected chi connectivity index (χ3v) is 1.89. The molecule has 4 heteroatoms. The number of rotatable bonds is 2. The number of nitrogens with zero attached hydrogens (tertiary/aromatic N) is 1. The Morgan fingerprint density at radius 3 is 2.93 bits per heavy atom. The summed E-state index contributed by atoms with van der Waals surface area (Å²) in [5, 5.41) is 2.66. The molecular weight excluding hydrogens is 180 g/mol. The molecule has 1 aliphatic heterocycles. The van der Waals surface area contributed by atoms with Gasteiger partial charge in [-0.05, 0) is 6.92 Å². The Hall–Kier alpha value is -1.58. The van der Waals surface area contributed by atoms with Gasteiger partial charge in [0, 0.05) is 19.2 Å². The number of piperazine rings is 1. The molecule has 14 heavy (non-hydrogen) atoms. The molecule has 0 aromatic heterocycles. The highest BCUT2D eigenvalue weighted by Crippen LogP contribution is 1.95. The summed E-state index contributed by atoms with van der Waals surface area (Å²) in [4.78, 5) is 23.9. The van der Waals surface area contributed by atoms with Gasteiger partial charge in [0.15, 0.2) is 0 Å². The lowest BCUT2D eigenvalue weighted by molar-refractivity contribution is -0.134. The Kier molecular flexibility index (Phi) is 3.91. The smallest absolute Gasteiger partial charge is 0.247 e. The van der Waals surface area contributed by atoms with E-state index in [0.717, 1.165) is 0 Å². The van der Waals surface area contributed by atoms with E-state index in [2.05, 4.69) is 5.32 Å². The number of allylic oxidation sites excluding steroid dienone is 3. The summed E-state index contributed by atoms with van der Waals surface area (Å²) >= 11 is 0. The zero-order chi connectivity index (χ0) is 10.4. The minimum atomic E-state index is -0.113. The Bertz CT molecular complexity index is 282. The molecule has 1 heterocycles. The van der Waals surface area contributed by atoms with Gasteiger partial charge in [-0.1, -0.05) is 18.2 Å². The van der Waals surface area contributed by atoms with E-state index in [1.165, 1.54) is 11.0 Å². The van der Waals surface area contributed by atoms with Gasteiger partial charge in [0.25, 0.3) is 0 Å². The lowest BCUT2D eigenvalue weighted by Crippen LogP contribution is -2.49. The molecule has 0 aromatic carbocycles. The first-order valence-corrected chi connectivity index (χ1v) is 4.59. The van der Waals surface area contributed by atoms with Crippen LogP contribution in [-0.2, 0) is 9.59 Å². The van der Waals surface area contributed by atoms with Crippen LogP contribution < -0.4 is 5.32 Å². The van der Waals surface area contributed by atoms with E-state index >= 15 is 0 Å². The van der Waals surface area contributed by atoms with E-state index in [-0.39, 0.29) is 18.4 Å². The zero-order valence-corrected chi connectivity index (χ0v) is 8.19. The van der Waals surface area contributed by atoms with Gasteiger partial charge in [0.2, 0.25) is 11.8 Å². The van der Waals surface area contributed by atoms with Crippen molar-refractivity contribution in [3.63, 3.8) is 0 Å². The molecule has 0 spiro atoms. The molecule has 0 radical (unpaired) electrons. The first kappa shape index (κ1) is 10.5. The van der Waals surface area contributed by atoms with Crippen molar-refractivity contribution in [2.24, 2.45) is 0 Å². The predicted octanol–water partition coefficient (Wildman–Crippen LogP) is 0.0771. The Morgan fingerprint density at radius 2 is 2.29 bits per heavy atom. The molecule has 1 aliphatic rings. The molecule has 1 saturated heterocycles. The van der Waals surface area contributed by atoms with E-state index in [4.69, 9.17) is 0 Å². The monoisotopic (exact) mass is 194 g/mol. The Morgan fingerprint density at radius 1 is 1.50 bits per heavy atom. The van der Waals surface area contributed by atoms with Crippen molar-refractivity contribution in [3.8, 4) is 0 Å². The van der Waals surface area contributed by atoms with Gasteiger partial charge in [-0.25, -0.2) is 0 Å². The van der Waals surface area contributed by atoms with Gasteiger partial charge < -0.3 is 10.2 Å². The largest absolute Gasteiger partial charge is 0.353 e. The highest BCUT2D eigenvalue weighted by molar-refractivity contribution is 5.92. The molecule has 0 aromatic rings. The molecule has 0 bridgehead atoms. The molecule has 1 rings (SSSR count). The quantitative estimate of drug-likeness (QED) is 0.500. The first-order valence-electron chi connectivity index (χ1n) is 4.59. The minimum Gasteiger partial charge on any atom is -0.353 e. The summed E-state index contributed by atoms with van der Waals surface area (Å²) < 4.78 is 0. The van der Waals surface area contributed by atoms with E-state index in [1.54, 1.807) is 12.2 Å². The fourth-order valence-corrected chi connectivity index (χ4v) is 1.18. The number of carbonyl (C=O) groups is 2. The first-order chi connectivity index (χ1) is 6.74. The Labute approximate surface area is 83.3 Å². The van der Waals surface area contributed by atoms with Crippen molar-refractivity contribution in [3.05, 3.63) is 24.3 Å². The molecule has 4 nitrogen and oxygen atoms in total. The third-order valence-electron chi connectivity index (χ3n) is 1.89. The summed E-state index contributed by atoms with van der Waals surface area (Å²) in [6, 6.07) is 0. The number of hydrogen-bond acceptors (Lipinski definition) is 2. The average molecular weight is 194 g/mol. The van der Waals surface area contributed by atoms with E-state index in [1.807, 2.05) is 13.0 Å². The summed E-state index contributed by atoms with van der Waals surface area (Å²) in [5.41, 5.74) is 0. The summed E-state index contributed by atoms with van der Waals surface area (Å²) in [6.45, 7) is 3.18. The van der Waals surface area contributed by atoms with Crippen LogP contribution in [0.15, 0.2) is 24.3 Å². The predicted molar refractivity (Wildman–Crippen MR) is 53.5 cm³/mol. The van der Waals surface area contributed by atoms with E-state index in [0.29, 0.717) is 13.1 Å². The summed E-state index contributed by atoms with van der Waals surface area (Å²) in [6.07, 6.45) is 6.77. The van der Waals surface area contributed by atoms with Gasteiger partial charge in [-0.3, -0.25) is 9.59 Å². The molecular formula is C10H14N2O2. The number of hydrogen-bond donors (Lipinski definition) is 1. The maximum Gasteiger partial charge on any atom is 0.247 e. The van der Waals surface area contributed by atoms with Crippen molar-refractivity contribution >= 4 is 11.8 Å². The van der Waals surface area contributed by atoms with Crippen LogP contribution in [-0.4, -0.2) is 36.3 Å². The van der Waals surface area contributed by atoms with Crippen molar-refractivity contribution in [1.82, 2.24) is 10.2 Å². The molecule has 1 fully saturated rings.